The average Bonchev–Trinajstić information content (AvgIpc) is 2.75. The van der Waals surface area contributed by atoms with E-state index in [2.05, 4.69) is 6.58 Å². The van der Waals surface area contributed by atoms with Crippen molar-refractivity contribution in [2.75, 3.05) is 13.2 Å². The predicted molar refractivity (Wildman–Crippen MR) is 80.9 cm³/mol. The molecule has 120 valence electrons. The molecule has 5 nitrogen and oxygen atoms in total. The molecule has 1 N–H and O–H groups in total. The van der Waals surface area contributed by atoms with Crippen LogP contribution in [0.25, 0.3) is 0 Å². The van der Waals surface area contributed by atoms with Gasteiger partial charge in [0.15, 0.2) is 0 Å². The first-order valence-corrected chi connectivity index (χ1v) is 7.52. The molecule has 1 heterocycles. The zero-order valence-corrected chi connectivity index (χ0v) is 12.8. The highest BCUT2D eigenvalue weighted by atomic mass is 16.6. The highest BCUT2D eigenvalue weighted by Crippen LogP contribution is 2.34. The number of carbonyl (C=O) groups is 2. The lowest BCUT2D eigenvalue weighted by Gasteiger charge is -2.19. The van der Waals surface area contributed by atoms with Crippen LogP contribution in [-0.2, 0) is 19.1 Å². The second-order valence-electron chi connectivity index (χ2n) is 5.70. The molecule has 0 bridgehead atoms. The summed E-state index contributed by atoms with van der Waals surface area (Å²) in [6.45, 7) is 5.41. The van der Waals surface area contributed by atoms with Gasteiger partial charge < -0.3 is 14.6 Å². The summed E-state index contributed by atoms with van der Waals surface area (Å²) in [5.41, 5.74) is 2.36. The molecule has 0 unspecified atom stereocenters. The van der Waals surface area contributed by atoms with E-state index in [1.54, 1.807) is 0 Å². The van der Waals surface area contributed by atoms with Crippen LogP contribution in [0.4, 0.5) is 0 Å². The van der Waals surface area contributed by atoms with Gasteiger partial charge in [-0.2, -0.15) is 0 Å². The first kappa shape index (κ1) is 16.5. The molecule has 0 spiro atoms. The zero-order chi connectivity index (χ0) is 16.1. The van der Waals surface area contributed by atoms with Gasteiger partial charge in [-0.3, -0.25) is 4.79 Å². The normalized spacial score (nSPS) is 30.5. The number of allylic oxidation sites excluding steroid dienone is 1. The maximum Gasteiger partial charge on any atom is 0.334 e. The molecule has 0 aromatic heterocycles. The molecule has 0 radical (unpaired) electrons. The van der Waals surface area contributed by atoms with Gasteiger partial charge in [-0.15, -0.1) is 0 Å². The van der Waals surface area contributed by atoms with E-state index in [1.165, 1.54) is 6.92 Å². The number of aliphatic hydroxyl groups excluding tert-OH is 1. The van der Waals surface area contributed by atoms with Gasteiger partial charge in [0.1, 0.15) is 12.7 Å². The van der Waals surface area contributed by atoms with Crippen molar-refractivity contribution in [3.05, 3.63) is 35.5 Å². The highest BCUT2D eigenvalue weighted by molar-refractivity contribution is 5.91. The molecule has 1 aliphatic heterocycles. The third-order valence-electron chi connectivity index (χ3n) is 4.09. The van der Waals surface area contributed by atoms with Gasteiger partial charge in [-0.05, 0) is 42.9 Å². The van der Waals surface area contributed by atoms with E-state index in [9.17, 15) is 14.7 Å². The number of ether oxygens (including phenoxy) is 2. The predicted octanol–water partition coefficient (Wildman–Crippen LogP) is 2.07. The minimum atomic E-state index is -0.369. The first-order chi connectivity index (χ1) is 10.5. The number of hydrogen-bond acceptors (Lipinski definition) is 5. The number of rotatable bonds is 3. The van der Waals surface area contributed by atoms with Crippen molar-refractivity contribution in [3.8, 4) is 0 Å². The molecular weight excluding hydrogens is 284 g/mol. The number of carbonyl (C=O) groups excluding carboxylic acids is 2. The lowest BCUT2D eigenvalue weighted by molar-refractivity contribution is -0.140. The van der Waals surface area contributed by atoms with E-state index >= 15 is 0 Å². The Morgan fingerprint density at radius 3 is 2.91 bits per heavy atom. The smallest absolute Gasteiger partial charge is 0.334 e. The van der Waals surface area contributed by atoms with E-state index in [1.807, 2.05) is 12.2 Å². The zero-order valence-electron chi connectivity index (χ0n) is 12.8. The van der Waals surface area contributed by atoms with Crippen molar-refractivity contribution < 1.29 is 24.2 Å². The third-order valence-corrected chi connectivity index (χ3v) is 4.09. The molecule has 1 fully saturated rings. The van der Waals surface area contributed by atoms with Gasteiger partial charge in [0.05, 0.1) is 6.61 Å². The third kappa shape index (κ3) is 4.07. The van der Waals surface area contributed by atoms with Crippen LogP contribution in [0, 0.1) is 5.92 Å². The van der Waals surface area contributed by atoms with Crippen LogP contribution in [0.1, 0.15) is 32.6 Å². The minimum Gasteiger partial charge on any atom is -0.461 e. The van der Waals surface area contributed by atoms with Gasteiger partial charge in [0, 0.05) is 18.4 Å². The summed E-state index contributed by atoms with van der Waals surface area (Å²) in [7, 11) is 0. The van der Waals surface area contributed by atoms with E-state index in [4.69, 9.17) is 9.47 Å². The first-order valence-electron chi connectivity index (χ1n) is 7.52. The van der Waals surface area contributed by atoms with Crippen LogP contribution in [0.3, 0.4) is 0 Å². The summed E-state index contributed by atoms with van der Waals surface area (Å²) in [6, 6.07) is 0. The van der Waals surface area contributed by atoms with E-state index in [0.717, 1.165) is 24.0 Å². The maximum atomic E-state index is 11.8. The van der Waals surface area contributed by atoms with Crippen LogP contribution in [0.2, 0.25) is 0 Å². The van der Waals surface area contributed by atoms with Gasteiger partial charge in [-0.1, -0.05) is 12.7 Å². The standard InChI is InChI=1S/C17H22O5/c1-11-15-7-6-13(9-18)4-3-5-14(10-21-12(2)19)8-16(15)22-17(11)20/h4,8,15-16,18H,1,3,5-7,9-10H2,2H3/b13-4-,14-8+/t15-,16+/m0/s1. The van der Waals surface area contributed by atoms with Crippen LogP contribution in [0.15, 0.2) is 35.5 Å². The van der Waals surface area contributed by atoms with Crippen molar-refractivity contribution in [2.45, 2.75) is 38.7 Å². The van der Waals surface area contributed by atoms with Crippen molar-refractivity contribution in [1.29, 1.82) is 0 Å². The van der Waals surface area contributed by atoms with E-state index < -0.39 is 0 Å². The molecule has 1 saturated heterocycles. The molecule has 2 atom stereocenters. The fourth-order valence-corrected chi connectivity index (χ4v) is 2.80. The Morgan fingerprint density at radius 1 is 1.45 bits per heavy atom. The van der Waals surface area contributed by atoms with Crippen LogP contribution >= 0.6 is 0 Å². The number of hydrogen-bond donors (Lipinski definition) is 1. The summed E-state index contributed by atoms with van der Waals surface area (Å²) in [6.07, 6.45) is 6.44. The lowest BCUT2D eigenvalue weighted by atomic mass is 9.88. The largest absolute Gasteiger partial charge is 0.461 e. The van der Waals surface area contributed by atoms with Crippen LogP contribution in [0.5, 0.6) is 0 Å². The maximum absolute atomic E-state index is 11.8. The fourth-order valence-electron chi connectivity index (χ4n) is 2.80. The highest BCUT2D eigenvalue weighted by Gasteiger charge is 2.37. The number of fused-ring (bicyclic) bond motifs is 1. The molecule has 2 rings (SSSR count). The van der Waals surface area contributed by atoms with Crippen molar-refractivity contribution in [2.24, 2.45) is 5.92 Å². The Morgan fingerprint density at radius 2 is 2.23 bits per heavy atom. The molecule has 0 aromatic carbocycles. The molecule has 0 aromatic rings. The summed E-state index contributed by atoms with van der Waals surface area (Å²) in [5, 5.41) is 9.40. The molecule has 2 aliphatic rings. The summed E-state index contributed by atoms with van der Waals surface area (Å²) < 4.78 is 10.4. The average molecular weight is 306 g/mol. The van der Waals surface area contributed by atoms with Crippen molar-refractivity contribution >= 4 is 11.9 Å². The van der Waals surface area contributed by atoms with Gasteiger partial charge >= 0.3 is 11.9 Å². The van der Waals surface area contributed by atoms with Gasteiger partial charge in [0.25, 0.3) is 0 Å². The Hall–Kier alpha value is -1.88. The Bertz CT molecular complexity index is 529. The summed E-state index contributed by atoms with van der Waals surface area (Å²) in [4.78, 5) is 22.8. The number of aliphatic hydroxyl groups is 1. The molecule has 22 heavy (non-hydrogen) atoms. The van der Waals surface area contributed by atoms with E-state index in [-0.39, 0.29) is 37.2 Å². The van der Waals surface area contributed by atoms with Crippen molar-refractivity contribution in [1.82, 2.24) is 0 Å². The topological polar surface area (TPSA) is 72.8 Å². The molecule has 1 aliphatic carbocycles. The molecular formula is C17H22O5. The monoisotopic (exact) mass is 306 g/mol. The second kappa shape index (κ2) is 7.40. The Kier molecular flexibility index (Phi) is 5.55. The minimum absolute atomic E-state index is 0.0155. The molecule has 5 heteroatoms. The SMILES string of the molecule is C=C1C(=O)O[C@@H]2/C=C(/COC(C)=O)CC/C=C(\CO)CC[C@@H]12. The summed E-state index contributed by atoms with van der Waals surface area (Å²) in [5.74, 6) is -0.798. The molecule has 0 saturated carbocycles. The Balaban J connectivity index is 2.21. The lowest BCUT2D eigenvalue weighted by Crippen LogP contribution is -2.17. The molecule has 0 amide bonds. The Labute approximate surface area is 130 Å². The van der Waals surface area contributed by atoms with Crippen molar-refractivity contribution in [3.63, 3.8) is 0 Å². The van der Waals surface area contributed by atoms with Gasteiger partial charge in [-0.25, -0.2) is 4.79 Å². The van der Waals surface area contributed by atoms with Crippen LogP contribution in [-0.4, -0.2) is 36.4 Å². The van der Waals surface area contributed by atoms with E-state index in [0.29, 0.717) is 18.4 Å². The quantitative estimate of drug-likeness (QED) is 0.491. The fraction of sp³-hybridized carbons (Fsp3) is 0.529. The number of esters is 2. The van der Waals surface area contributed by atoms with Gasteiger partial charge in [0.2, 0.25) is 0 Å². The second-order valence-corrected chi connectivity index (χ2v) is 5.70. The van der Waals surface area contributed by atoms with Crippen LogP contribution < -0.4 is 0 Å². The summed E-state index contributed by atoms with van der Waals surface area (Å²) >= 11 is 0.